The fraction of sp³-hybridized carbons (Fsp3) is 0. The fourth-order valence-electron chi connectivity index (χ4n) is 0. The third-order valence-electron chi connectivity index (χ3n) is 0. The van der Waals surface area contributed by atoms with Gasteiger partial charge in [0, 0.05) is 0 Å². The van der Waals surface area contributed by atoms with E-state index in [1.54, 1.807) is 0 Å². The molecule has 0 spiro atoms. The predicted molar refractivity (Wildman–Crippen MR) is 8.20 cm³/mol. The predicted octanol–water partition coefficient (Wildman–Crippen LogP) is 0.336. The van der Waals surface area contributed by atoms with E-state index in [2.05, 4.69) is 0 Å². The molecule has 0 aromatic rings. The molecule has 0 radical (unpaired) electrons. The van der Waals surface area contributed by atoms with Crippen LogP contribution in [0.4, 0.5) is 14.1 Å². The zero-order valence-corrected chi connectivity index (χ0v) is 3.48. The van der Waals surface area contributed by atoms with Crippen molar-refractivity contribution in [2.24, 2.45) is 0 Å². The molecule has 5 heteroatoms. The van der Waals surface area contributed by atoms with E-state index in [1.165, 1.54) is 0 Å². The summed E-state index contributed by atoms with van der Waals surface area (Å²) in [4.78, 5) is 0. The van der Waals surface area contributed by atoms with Crippen LogP contribution in [0.1, 0.15) is 0 Å². The van der Waals surface area contributed by atoms with Gasteiger partial charge in [-0.15, -0.1) is 0 Å². The SMILES string of the molecule is F.F.F.[O]=[V]. The van der Waals surface area contributed by atoms with Gasteiger partial charge < -0.3 is 0 Å². The third kappa shape index (κ3) is 649. The van der Waals surface area contributed by atoms with Gasteiger partial charge >= 0.3 is 21.0 Å². The van der Waals surface area contributed by atoms with Gasteiger partial charge in [-0.3, -0.25) is 14.1 Å². The molecule has 0 aliphatic heterocycles. The average Bonchev–Trinajstić information content (AvgIpc) is 1.00. The van der Waals surface area contributed by atoms with E-state index < -0.39 is 0 Å². The number of hydrogen-bond acceptors (Lipinski definition) is 1. The summed E-state index contributed by atoms with van der Waals surface area (Å²) >= 11 is 1.06. The van der Waals surface area contributed by atoms with E-state index in [0.29, 0.717) is 0 Å². The molecular weight excluding hydrogens is 124 g/mol. The first-order valence-electron chi connectivity index (χ1n) is 0.183. The summed E-state index contributed by atoms with van der Waals surface area (Å²) in [6.07, 6.45) is 0. The molecule has 0 rings (SSSR count). The quantitative estimate of drug-likeness (QED) is 0.458. The molecule has 0 saturated heterocycles. The Morgan fingerprint density at radius 3 is 0.800 bits per heavy atom. The Labute approximate surface area is 36.1 Å². The molecule has 0 unspecified atom stereocenters. The van der Waals surface area contributed by atoms with Gasteiger partial charge in [-0.2, -0.15) is 0 Å². The maximum atomic E-state index is 8.19. The van der Waals surface area contributed by atoms with Gasteiger partial charge in [0.25, 0.3) is 0 Å². The Bertz CT molecular complexity index is 6.85. The molecule has 35 valence electrons. The van der Waals surface area contributed by atoms with Crippen molar-refractivity contribution in [2.75, 3.05) is 0 Å². The summed E-state index contributed by atoms with van der Waals surface area (Å²) in [5, 5.41) is 0. The van der Waals surface area contributed by atoms with Crippen LogP contribution in [-0.4, -0.2) is 0 Å². The molecule has 0 N–H and O–H groups in total. The van der Waals surface area contributed by atoms with E-state index in [-0.39, 0.29) is 14.1 Å². The zero-order chi connectivity index (χ0) is 2.00. The van der Waals surface area contributed by atoms with Crippen LogP contribution in [-0.2, 0) is 21.0 Å². The molecule has 0 aliphatic rings. The van der Waals surface area contributed by atoms with Crippen molar-refractivity contribution >= 4 is 0 Å². The van der Waals surface area contributed by atoms with Crippen LogP contribution < -0.4 is 0 Å². The van der Waals surface area contributed by atoms with Crippen LogP contribution in [0, 0.1) is 0 Å². The van der Waals surface area contributed by atoms with Gasteiger partial charge in [-0.1, -0.05) is 0 Å². The molecule has 1 nitrogen and oxygen atoms in total. The molecule has 0 atom stereocenters. The van der Waals surface area contributed by atoms with Gasteiger partial charge in [0.2, 0.25) is 0 Å². The Balaban J connectivity index is -0.00000000167. The summed E-state index contributed by atoms with van der Waals surface area (Å²) < 4.78 is 8.19. The second-order valence-corrected chi connectivity index (χ2v) is 0. The molecule has 0 aromatic heterocycles. The van der Waals surface area contributed by atoms with Crippen molar-refractivity contribution < 1.29 is 35.2 Å². The minimum atomic E-state index is 0. The molecule has 0 fully saturated rings. The summed E-state index contributed by atoms with van der Waals surface area (Å²) in [6, 6.07) is 0. The van der Waals surface area contributed by atoms with Crippen LogP contribution in [0.15, 0.2) is 0 Å². The minimum absolute atomic E-state index is 0. The first kappa shape index (κ1) is 65.4. The van der Waals surface area contributed by atoms with Gasteiger partial charge in [0.05, 0.1) is 0 Å². The summed E-state index contributed by atoms with van der Waals surface area (Å²) in [5.74, 6) is 0. The monoisotopic (exact) mass is 127 g/mol. The van der Waals surface area contributed by atoms with Crippen molar-refractivity contribution in [3.05, 3.63) is 0 Å². The van der Waals surface area contributed by atoms with Gasteiger partial charge in [-0.25, -0.2) is 0 Å². The normalized spacial score (nSPS) is 0.600. The summed E-state index contributed by atoms with van der Waals surface area (Å²) in [7, 11) is 0. The van der Waals surface area contributed by atoms with Crippen molar-refractivity contribution in [2.45, 2.75) is 0 Å². The summed E-state index contributed by atoms with van der Waals surface area (Å²) in [5.41, 5.74) is 0. The Morgan fingerprint density at radius 2 is 0.800 bits per heavy atom. The Morgan fingerprint density at radius 1 is 0.800 bits per heavy atom. The molecule has 0 heterocycles. The van der Waals surface area contributed by atoms with E-state index in [4.69, 9.17) is 3.67 Å². The van der Waals surface area contributed by atoms with Crippen molar-refractivity contribution in [3.63, 3.8) is 0 Å². The average molecular weight is 127 g/mol. The molecule has 0 amide bonds. The molecular formula is H3F3OV. The molecule has 0 aromatic carbocycles. The molecule has 5 heavy (non-hydrogen) atoms. The molecule has 0 saturated carbocycles. The van der Waals surface area contributed by atoms with Crippen molar-refractivity contribution in [1.29, 1.82) is 0 Å². The first-order chi connectivity index (χ1) is 1.00. The van der Waals surface area contributed by atoms with E-state index >= 15 is 0 Å². The number of halogens is 3. The first-order valence-corrected chi connectivity index (χ1v) is 0.753. The van der Waals surface area contributed by atoms with Crippen LogP contribution >= 0.6 is 0 Å². The van der Waals surface area contributed by atoms with Crippen LogP contribution in [0.25, 0.3) is 0 Å². The maximum absolute atomic E-state index is 8.19. The second kappa shape index (κ2) is 1380. The van der Waals surface area contributed by atoms with E-state index in [9.17, 15) is 0 Å². The number of rotatable bonds is 0. The molecule has 0 aliphatic carbocycles. The summed E-state index contributed by atoms with van der Waals surface area (Å²) in [6.45, 7) is 0. The van der Waals surface area contributed by atoms with Crippen LogP contribution in [0.2, 0.25) is 0 Å². The van der Waals surface area contributed by atoms with Gasteiger partial charge in [0.15, 0.2) is 0 Å². The number of hydrogen-bond donors (Lipinski definition) is 0. The topological polar surface area (TPSA) is 17.1 Å². The van der Waals surface area contributed by atoms with Crippen LogP contribution in [0.3, 0.4) is 0 Å². The van der Waals surface area contributed by atoms with E-state index in [1.807, 2.05) is 0 Å². The molecule has 0 bridgehead atoms. The second-order valence-electron chi connectivity index (χ2n) is 0. The standard InChI is InChI=1S/3FH.O.V/h3*1H;;. The van der Waals surface area contributed by atoms with Crippen molar-refractivity contribution in [1.82, 2.24) is 0 Å². The van der Waals surface area contributed by atoms with Crippen molar-refractivity contribution in [3.8, 4) is 0 Å². The van der Waals surface area contributed by atoms with Gasteiger partial charge in [0.1, 0.15) is 0 Å². The third-order valence-corrected chi connectivity index (χ3v) is 0. The Hall–Kier alpha value is 0.174. The van der Waals surface area contributed by atoms with Gasteiger partial charge in [-0.05, 0) is 0 Å². The van der Waals surface area contributed by atoms with E-state index in [0.717, 1.165) is 17.4 Å². The zero-order valence-electron chi connectivity index (χ0n) is 2.08. The fourth-order valence-corrected chi connectivity index (χ4v) is 0. The van der Waals surface area contributed by atoms with Crippen LogP contribution in [0.5, 0.6) is 0 Å². The Kier molecular flexibility index (Phi) is 18100.